The van der Waals surface area contributed by atoms with Crippen molar-refractivity contribution in [2.75, 3.05) is 39.2 Å². The lowest BCUT2D eigenvalue weighted by Crippen LogP contribution is -2.43. The molecular weight excluding hydrogens is 456 g/mol. The molecule has 2 aromatic carbocycles. The van der Waals surface area contributed by atoms with Crippen LogP contribution in [0.25, 0.3) is 0 Å². The molecule has 3 rings (SSSR count). The molecule has 1 aliphatic rings. The predicted molar refractivity (Wildman–Crippen MR) is 122 cm³/mol. The summed E-state index contributed by atoms with van der Waals surface area (Å²) < 4.78 is 43.6. The van der Waals surface area contributed by atoms with Gasteiger partial charge in [-0.05, 0) is 50.1 Å². The molecule has 8 nitrogen and oxygen atoms in total. The molecule has 1 heterocycles. The van der Waals surface area contributed by atoms with Crippen molar-refractivity contribution in [2.45, 2.75) is 24.7 Å². The molecule has 0 aromatic heterocycles. The Morgan fingerprint density at radius 2 is 1.91 bits per heavy atom. The fraction of sp³-hybridized carbons (Fsp3) is 0.409. The van der Waals surface area contributed by atoms with Gasteiger partial charge in [-0.3, -0.25) is 4.79 Å². The van der Waals surface area contributed by atoms with Crippen LogP contribution >= 0.6 is 11.6 Å². The molecule has 1 aliphatic heterocycles. The van der Waals surface area contributed by atoms with Gasteiger partial charge in [0.2, 0.25) is 15.9 Å². The lowest BCUT2D eigenvalue weighted by atomic mass is 9.98. The van der Waals surface area contributed by atoms with Crippen LogP contribution in [0.15, 0.2) is 41.3 Å². The number of benzene rings is 2. The molecule has 0 saturated carbocycles. The molecule has 174 valence electrons. The van der Waals surface area contributed by atoms with Crippen molar-refractivity contribution in [2.24, 2.45) is 5.92 Å². The minimum atomic E-state index is -3.81. The normalized spacial score (nSPS) is 16.9. The number of rotatable bonds is 8. The Morgan fingerprint density at radius 1 is 1.16 bits per heavy atom. The smallest absolute Gasteiger partial charge is 0.243 e. The van der Waals surface area contributed by atoms with E-state index in [9.17, 15) is 13.2 Å². The first-order chi connectivity index (χ1) is 15.3. The monoisotopic (exact) mass is 482 g/mol. The van der Waals surface area contributed by atoms with Gasteiger partial charge < -0.3 is 19.5 Å². The molecule has 1 N–H and O–H groups in total. The number of nitrogens with zero attached hydrogens (tertiary/aromatic N) is 1. The van der Waals surface area contributed by atoms with Crippen molar-refractivity contribution in [3.8, 4) is 17.2 Å². The minimum absolute atomic E-state index is 0.0708. The van der Waals surface area contributed by atoms with Gasteiger partial charge in [0.15, 0.2) is 0 Å². The van der Waals surface area contributed by atoms with Gasteiger partial charge in [-0.1, -0.05) is 11.6 Å². The summed E-state index contributed by atoms with van der Waals surface area (Å²) >= 11 is 6.18. The minimum Gasteiger partial charge on any atom is -0.497 e. The number of piperidine rings is 1. The highest BCUT2D eigenvalue weighted by Crippen LogP contribution is 2.32. The Bertz CT molecular complexity index is 1080. The molecule has 32 heavy (non-hydrogen) atoms. The maximum Gasteiger partial charge on any atom is 0.243 e. The van der Waals surface area contributed by atoms with E-state index in [1.54, 1.807) is 24.3 Å². The van der Waals surface area contributed by atoms with Gasteiger partial charge in [-0.2, -0.15) is 4.31 Å². The first-order valence-corrected chi connectivity index (χ1v) is 12.1. The van der Waals surface area contributed by atoms with Crippen LogP contribution in [-0.2, 0) is 14.8 Å². The van der Waals surface area contributed by atoms with E-state index in [0.717, 1.165) is 0 Å². The fourth-order valence-corrected chi connectivity index (χ4v) is 5.44. The quantitative estimate of drug-likeness (QED) is 0.615. The number of nitrogens with one attached hydrogen (secondary N) is 1. The van der Waals surface area contributed by atoms with Crippen LogP contribution in [0.2, 0.25) is 5.02 Å². The number of amides is 1. The Hall–Kier alpha value is -2.49. The SMILES string of the molecule is CCOc1ccc(S(=O)(=O)N2CCC[C@H](C(=O)Nc3cc(OC)ccc3OC)C2)cc1Cl. The zero-order chi connectivity index (χ0) is 23.3. The summed E-state index contributed by atoms with van der Waals surface area (Å²) in [4.78, 5) is 13.0. The maximum atomic E-state index is 13.2. The van der Waals surface area contributed by atoms with Gasteiger partial charge >= 0.3 is 0 Å². The zero-order valence-corrected chi connectivity index (χ0v) is 19.8. The number of halogens is 1. The number of methoxy groups -OCH3 is 2. The lowest BCUT2D eigenvalue weighted by Gasteiger charge is -2.31. The Labute approximate surface area is 193 Å². The number of hydrogen-bond acceptors (Lipinski definition) is 6. The van der Waals surface area contributed by atoms with E-state index >= 15 is 0 Å². The molecule has 1 saturated heterocycles. The van der Waals surface area contributed by atoms with Gasteiger partial charge in [0.25, 0.3) is 0 Å². The third kappa shape index (κ3) is 5.28. The zero-order valence-electron chi connectivity index (χ0n) is 18.3. The van der Waals surface area contributed by atoms with Crippen LogP contribution in [0.3, 0.4) is 0 Å². The molecule has 0 aliphatic carbocycles. The summed E-state index contributed by atoms with van der Waals surface area (Å²) in [5.41, 5.74) is 0.468. The molecular formula is C22H27ClN2O6S. The van der Waals surface area contributed by atoms with Crippen LogP contribution in [0, 0.1) is 5.92 Å². The van der Waals surface area contributed by atoms with E-state index in [-0.39, 0.29) is 22.4 Å². The van der Waals surface area contributed by atoms with Crippen LogP contribution in [-0.4, -0.2) is 52.5 Å². The number of sulfonamides is 1. The highest BCUT2D eigenvalue weighted by Gasteiger charge is 2.34. The number of carbonyl (C=O) groups excluding carboxylic acids is 1. The molecule has 1 fully saturated rings. The molecule has 10 heteroatoms. The van der Waals surface area contributed by atoms with Crippen molar-refractivity contribution < 1.29 is 27.4 Å². The average molecular weight is 483 g/mol. The molecule has 2 aromatic rings. The van der Waals surface area contributed by atoms with Crippen molar-refractivity contribution >= 4 is 33.2 Å². The third-order valence-electron chi connectivity index (χ3n) is 5.26. The molecule has 0 radical (unpaired) electrons. The van der Waals surface area contributed by atoms with Crippen LogP contribution < -0.4 is 19.5 Å². The second kappa shape index (κ2) is 10.4. The van der Waals surface area contributed by atoms with Crippen molar-refractivity contribution in [3.63, 3.8) is 0 Å². The van der Waals surface area contributed by atoms with E-state index in [1.807, 2.05) is 6.92 Å². The summed E-state index contributed by atoms with van der Waals surface area (Å²) in [6.07, 6.45) is 1.14. The van der Waals surface area contributed by atoms with E-state index in [1.165, 1.54) is 30.7 Å². The largest absolute Gasteiger partial charge is 0.497 e. The van der Waals surface area contributed by atoms with Gasteiger partial charge in [0.1, 0.15) is 17.2 Å². The molecule has 1 atom stereocenters. The van der Waals surface area contributed by atoms with Crippen LogP contribution in [0.5, 0.6) is 17.2 Å². The highest BCUT2D eigenvalue weighted by molar-refractivity contribution is 7.89. The Morgan fingerprint density at radius 3 is 2.56 bits per heavy atom. The number of anilines is 1. The van der Waals surface area contributed by atoms with Gasteiger partial charge in [0.05, 0.1) is 42.3 Å². The second-order valence-electron chi connectivity index (χ2n) is 7.28. The lowest BCUT2D eigenvalue weighted by molar-refractivity contribution is -0.120. The van der Waals surface area contributed by atoms with Gasteiger partial charge in [-0.15, -0.1) is 0 Å². The first kappa shape index (κ1) is 24.2. The van der Waals surface area contributed by atoms with Crippen LogP contribution in [0.4, 0.5) is 5.69 Å². The topological polar surface area (TPSA) is 94.2 Å². The van der Waals surface area contributed by atoms with Crippen molar-refractivity contribution in [3.05, 3.63) is 41.4 Å². The van der Waals surface area contributed by atoms with E-state index in [2.05, 4.69) is 5.32 Å². The molecule has 0 unspecified atom stereocenters. The van der Waals surface area contributed by atoms with Crippen molar-refractivity contribution in [1.82, 2.24) is 4.31 Å². The number of hydrogen-bond donors (Lipinski definition) is 1. The van der Waals surface area contributed by atoms with Crippen molar-refractivity contribution in [1.29, 1.82) is 0 Å². The fourth-order valence-electron chi connectivity index (χ4n) is 3.58. The summed E-state index contributed by atoms with van der Waals surface area (Å²) in [6.45, 7) is 2.65. The summed E-state index contributed by atoms with van der Waals surface area (Å²) in [5, 5.41) is 3.07. The number of carbonyl (C=O) groups is 1. The first-order valence-electron chi connectivity index (χ1n) is 10.3. The molecule has 1 amide bonds. The molecule has 0 spiro atoms. The number of ether oxygens (including phenoxy) is 3. The second-order valence-corrected chi connectivity index (χ2v) is 9.63. The summed E-state index contributed by atoms with van der Waals surface area (Å²) in [6, 6.07) is 9.48. The standard InChI is InChI=1S/C22H27ClN2O6S/c1-4-31-20-10-8-17(13-18(20)23)32(27,28)25-11-5-6-15(14-25)22(26)24-19-12-16(29-2)7-9-21(19)30-3/h7-10,12-13,15H,4-6,11,14H2,1-3H3,(H,24,26)/t15-/m0/s1. The molecule has 0 bridgehead atoms. The Kier molecular flexibility index (Phi) is 7.86. The predicted octanol–water partition coefficient (Wildman–Crippen LogP) is 3.80. The Balaban J connectivity index is 1.76. The summed E-state index contributed by atoms with van der Waals surface area (Å²) in [5.74, 6) is 0.704. The average Bonchev–Trinajstić information content (AvgIpc) is 2.80. The highest BCUT2D eigenvalue weighted by atomic mass is 35.5. The third-order valence-corrected chi connectivity index (χ3v) is 7.42. The van der Waals surface area contributed by atoms with Crippen LogP contribution in [0.1, 0.15) is 19.8 Å². The van der Waals surface area contributed by atoms with Gasteiger partial charge in [0, 0.05) is 19.2 Å². The maximum absolute atomic E-state index is 13.2. The van der Waals surface area contributed by atoms with E-state index in [0.29, 0.717) is 48.9 Å². The van der Waals surface area contributed by atoms with E-state index in [4.69, 9.17) is 25.8 Å². The van der Waals surface area contributed by atoms with E-state index < -0.39 is 15.9 Å². The summed E-state index contributed by atoms with van der Waals surface area (Å²) in [7, 11) is -0.770. The van der Waals surface area contributed by atoms with Gasteiger partial charge in [-0.25, -0.2) is 8.42 Å².